The molecule has 1 aromatic heterocycles. The van der Waals surface area contributed by atoms with Gasteiger partial charge in [-0.2, -0.15) is 10.2 Å². The number of anilines is 1. The van der Waals surface area contributed by atoms with Crippen LogP contribution >= 0.6 is 0 Å². The highest BCUT2D eigenvalue weighted by Crippen LogP contribution is 2.38. The molecular weight excluding hydrogens is 419 g/mol. The number of hydrogen-bond acceptors (Lipinski definition) is 8. The van der Waals surface area contributed by atoms with Crippen molar-refractivity contribution in [2.75, 3.05) is 32.1 Å². The molecule has 0 saturated carbocycles. The molecule has 0 spiro atoms. The van der Waals surface area contributed by atoms with Crippen LogP contribution in [-0.4, -0.2) is 54.9 Å². The van der Waals surface area contributed by atoms with Gasteiger partial charge in [-0.3, -0.25) is 0 Å². The summed E-state index contributed by atoms with van der Waals surface area (Å²) in [5.74, 6) is 0.725. The van der Waals surface area contributed by atoms with E-state index in [4.69, 9.17) is 30.2 Å². The second-order valence-electron chi connectivity index (χ2n) is 9.13. The Morgan fingerprint density at radius 1 is 0.970 bits per heavy atom. The minimum Gasteiger partial charge on any atom is -0.491 e. The molecule has 0 radical (unpaired) electrons. The van der Waals surface area contributed by atoms with Gasteiger partial charge in [0.25, 0.3) is 0 Å². The topological polar surface area (TPSA) is 115 Å². The zero-order valence-corrected chi connectivity index (χ0v) is 19.6. The Labute approximate surface area is 194 Å². The molecule has 4 rings (SSSR count). The van der Waals surface area contributed by atoms with E-state index in [0.717, 1.165) is 27.7 Å². The molecule has 1 aliphatic heterocycles. The highest BCUT2D eigenvalue weighted by atomic mass is 16.7. The van der Waals surface area contributed by atoms with Crippen molar-refractivity contribution in [2.45, 2.75) is 38.9 Å². The van der Waals surface area contributed by atoms with E-state index in [9.17, 15) is 0 Å². The summed E-state index contributed by atoms with van der Waals surface area (Å²) in [6.45, 7) is 10.0. The number of hydrogen-bond donors (Lipinski definition) is 2. The predicted molar refractivity (Wildman–Crippen MR) is 130 cm³/mol. The molecule has 0 atom stereocenters. The summed E-state index contributed by atoms with van der Waals surface area (Å²) in [4.78, 5) is 0. The van der Waals surface area contributed by atoms with Crippen LogP contribution in [0.5, 0.6) is 5.75 Å². The number of fused-ring (bicyclic) bond motifs is 1. The highest BCUT2D eigenvalue weighted by molar-refractivity contribution is 6.62. The standard InChI is InChI=1S/C24H31BN4O4/c1-23(2)24(3,4)33-25(32-23)17-6-8-22(31-12-11-30-10-9-26)19(14-17)16-5-7-18-20(27)15-28-29-21(18)13-16/h5-8,13-15H,9-12,26H2,1-4H3,(H2,27,29). The molecule has 0 aliphatic carbocycles. The maximum atomic E-state index is 6.26. The Hall–Kier alpha value is -2.72. The molecule has 0 amide bonds. The Bertz CT molecular complexity index is 1120. The molecule has 8 nitrogen and oxygen atoms in total. The van der Waals surface area contributed by atoms with E-state index in [-0.39, 0.29) is 0 Å². The molecule has 9 heteroatoms. The first kappa shape index (κ1) is 23.4. The summed E-state index contributed by atoms with van der Waals surface area (Å²) >= 11 is 0. The van der Waals surface area contributed by atoms with Gasteiger partial charge in [-0.1, -0.05) is 18.2 Å². The molecule has 0 bridgehead atoms. The fraction of sp³-hybridized carbons (Fsp3) is 0.417. The first-order valence-corrected chi connectivity index (χ1v) is 11.1. The van der Waals surface area contributed by atoms with Crippen LogP contribution in [0.15, 0.2) is 42.6 Å². The first-order chi connectivity index (χ1) is 15.7. The second-order valence-corrected chi connectivity index (χ2v) is 9.13. The van der Waals surface area contributed by atoms with E-state index in [2.05, 4.69) is 10.2 Å². The Morgan fingerprint density at radius 2 is 1.73 bits per heavy atom. The lowest BCUT2D eigenvalue weighted by Crippen LogP contribution is -2.41. The van der Waals surface area contributed by atoms with Crippen LogP contribution in [0.3, 0.4) is 0 Å². The lowest BCUT2D eigenvalue weighted by Gasteiger charge is -2.32. The van der Waals surface area contributed by atoms with Crippen LogP contribution in [0, 0.1) is 0 Å². The van der Waals surface area contributed by atoms with Gasteiger partial charge in [0, 0.05) is 17.5 Å². The lowest BCUT2D eigenvalue weighted by molar-refractivity contribution is 0.00578. The second kappa shape index (κ2) is 9.27. The van der Waals surface area contributed by atoms with Gasteiger partial charge in [-0.15, -0.1) is 0 Å². The number of rotatable bonds is 8. The predicted octanol–water partition coefficient (Wildman–Crippen LogP) is 2.53. The van der Waals surface area contributed by atoms with Gasteiger partial charge in [-0.25, -0.2) is 0 Å². The molecule has 3 aromatic rings. The number of ether oxygens (including phenoxy) is 2. The van der Waals surface area contributed by atoms with Crippen LogP contribution in [-0.2, 0) is 14.0 Å². The third kappa shape index (κ3) is 4.82. The molecule has 1 aliphatic rings. The molecule has 33 heavy (non-hydrogen) atoms. The SMILES string of the molecule is CC1(C)OB(c2ccc(OCCOCCN)c(-c3ccc4c(N)cnnc4c3)c2)OC1(C)C. The highest BCUT2D eigenvalue weighted by Gasteiger charge is 2.51. The fourth-order valence-corrected chi connectivity index (χ4v) is 3.67. The quantitative estimate of drug-likeness (QED) is 0.398. The number of nitrogens with two attached hydrogens (primary N) is 2. The summed E-state index contributed by atoms with van der Waals surface area (Å²) < 4.78 is 24.0. The van der Waals surface area contributed by atoms with Gasteiger partial charge < -0.3 is 30.2 Å². The van der Waals surface area contributed by atoms with Crippen molar-refractivity contribution in [3.63, 3.8) is 0 Å². The maximum Gasteiger partial charge on any atom is 0.494 e. The fourth-order valence-electron chi connectivity index (χ4n) is 3.67. The van der Waals surface area contributed by atoms with Crippen molar-refractivity contribution in [1.29, 1.82) is 0 Å². The summed E-state index contributed by atoms with van der Waals surface area (Å²) in [6, 6.07) is 11.9. The van der Waals surface area contributed by atoms with E-state index in [1.165, 1.54) is 0 Å². The van der Waals surface area contributed by atoms with E-state index in [1.54, 1.807) is 6.20 Å². The van der Waals surface area contributed by atoms with E-state index < -0.39 is 18.3 Å². The monoisotopic (exact) mass is 450 g/mol. The first-order valence-electron chi connectivity index (χ1n) is 11.1. The zero-order chi connectivity index (χ0) is 23.6. The number of aromatic nitrogens is 2. The Morgan fingerprint density at radius 3 is 2.45 bits per heavy atom. The number of nitrogen functional groups attached to an aromatic ring is 1. The van der Waals surface area contributed by atoms with Crippen LogP contribution in [0.4, 0.5) is 5.69 Å². The molecule has 4 N–H and O–H groups in total. The van der Waals surface area contributed by atoms with E-state index in [0.29, 0.717) is 37.6 Å². The third-order valence-corrected chi connectivity index (χ3v) is 6.26. The van der Waals surface area contributed by atoms with Crippen LogP contribution in [0.1, 0.15) is 27.7 Å². The van der Waals surface area contributed by atoms with Gasteiger partial charge in [0.2, 0.25) is 0 Å². The third-order valence-electron chi connectivity index (χ3n) is 6.26. The van der Waals surface area contributed by atoms with Gasteiger partial charge in [0.15, 0.2) is 0 Å². The average molecular weight is 450 g/mol. The maximum absolute atomic E-state index is 6.26. The summed E-state index contributed by atoms with van der Waals surface area (Å²) in [6.07, 6.45) is 1.55. The zero-order valence-electron chi connectivity index (χ0n) is 19.6. The van der Waals surface area contributed by atoms with Crippen molar-refractivity contribution in [3.8, 4) is 16.9 Å². The average Bonchev–Trinajstić information content (AvgIpc) is 3.00. The van der Waals surface area contributed by atoms with Crippen molar-refractivity contribution >= 4 is 29.2 Å². The minimum atomic E-state index is -0.480. The van der Waals surface area contributed by atoms with E-state index >= 15 is 0 Å². The lowest BCUT2D eigenvalue weighted by atomic mass is 9.77. The molecule has 1 fully saturated rings. The van der Waals surface area contributed by atoms with Crippen molar-refractivity contribution in [2.24, 2.45) is 5.73 Å². The van der Waals surface area contributed by atoms with Crippen molar-refractivity contribution in [1.82, 2.24) is 10.2 Å². The molecule has 1 saturated heterocycles. The molecular formula is C24H31BN4O4. The minimum absolute atomic E-state index is 0.406. The van der Waals surface area contributed by atoms with E-state index in [1.807, 2.05) is 64.1 Å². The summed E-state index contributed by atoms with van der Waals surface area (Å²) in [5.41, 5.74) is 14.7. The van der Waals surface area contributed by atoms with Gasteiger partial charge >= 0.3 is 7.12 Å². The van der Waals surface area contributed by atoms with Crippen LogP contribution < -0.4 is 21.7 Å². The molecule has 2 aromatic carbocycles. The Balaban J connectivity index is 1.69. The largest absolute Gasteiger partial charge is 0.494 e. The summed E-state index contributed by atoms with van der Waals surface area (Å²) in [7, 11) is -0.480. The Kier molecular flexibility index (Phi) is 6.58. The molecule has 0 unspecified atom stereocenters. The van der Waals surface area contributed by atoms with Crippen molar-refractivity contribution < 1.29 is 18.8 Å². The summed E-state index contributed by atoms with van der Waals surface area (Å²) in [5, 5.41) is 9.08. The molecule has 174 valence electrons. The molecule has 2 heterocycles. The van der Waals surface area contributed by atoms with Gasteiger partial charge in [0.05, 0.1) is 41.8 Å². The number of nitrogens with zero attached hydrogens (tertiary/aromatic N) is 2. The van der Waals surface area contributed by atoms with Gasteiger partial charge in [-0.05, 0) is 56.9 Å². The van der Waals surface area contributed by atoms with Gasteiger partial charge in [0.1, 0.15) is 12.4 Å². The van der Waals surface area contributed by atoms with Crippen LogP contribution in [0.25, 0.3) is 22.0 Å². The normalized spacial score (nSPS) is 16.9. The number of benzene rings is 2. The smallest absolute Gasteiger partial charge is 0.491 e. The van der Waals surface area contributed by atoms with Crippen LogP contribution in [0.2, 0.25) is 0 Å². The van der Waals surface area contributed by atoms with Crippen molar-refractivity contribution in [3.05, 3.63) is 42.6 Å².